The molecule has 0 nitrogen and oxygen atoms in total. The van der Waals surface area contributed by atoms with E-state index in [1.165, 1.54) is 36.8 Å². The van der Waals surface area contributed by atoms with Crippen LogP contribution in [0.2, 0.25) is 5.02 Å². The van der Waals surface area contributed by atoms with Crippen LogP contribution < -0.4 is 0 Å². The second-order valence-corrected chi connectivity index (χ2v) is 10.6. The maximum absolute atomic E-state index is 15.1. The molecule has 0 N–H and O–H groups in total. The van der Waals surface area contributed by atoms with Gasteiger partial charge in [-0.1, -0.05) is 96.4 Å². The molecule has 1 saturated carbocycles. The van der Waals surface area contributed by atoms with Crippen molar-refractivity contribution in [3.63, 3.8) is 0 Å². The van der Waals surface area contributed by atoms with Gasteiger partial charge in [0.2, 0.25) is 0 Å². The molecule has 1 fully saturated rings. The monoisotopic (exact) mass is 508 g/mol. The number of alkyl halides is 1. The van der Waals surface area contributed by atoms with Crippen molar-refractivity contribution in [2.45, 2.75) is 61.7 Å². The van der Waals surface area contributed by atoms with E-state index in [0.29, 0.717) is 15.4 Å². The standard InChI is InChI=1S/C25H27ClFI/c1-16-2-4-17(5-3-16)18-6-8-20(9-7-18)23-15-14-22(24(26)25(23)27)19-10-12-21(28)13-11-19/h6-10,14-17,21H,2-5,11-13H2,1H3. The number of benzene rings is 2. The Labute approximate surface area is 186 Å². The van der Waals surface area contributed by atoms with Crippen molar-refractivity contribution in [3.8, 4) is 11.1 Å². The minimum absolute atomic E-state index is 0.265. The second kappa shape index (κ2) is 8.87. The summed E-state index contributed by atoms with van der Waals surface area (Å²) in [5.74, 6) is 1.21. The van der Waals surface area contributed by atoms with Crippen LogP contribution in [0.1, 0.15) is 68.9 Å². The van der Waals surface area contributed by atoms with E-state index in [2.05, 4.69) is 59.9 Å². The van der Waals surface area contributed by atoms with Gasteiger partial charge in [-0.15, -0.1) is 0 Å². The van der Waals surface area contributed by atoms with Gasteiger partial charge in [-0.2, -0.15) is 0 Å². The van der Waals surface area contributed by atoms with E-state index in [-0.39, 0.29) is 10.8 Å². The SMILES string of the molecule is CC1CCC(c2ccc(-c3ccc(C4=CCC(I)CC4)c(Cl)c3F)cc2)CC1. The van der Waals surface area contributed by atoms with E-state index in [0.717, 1.165) is 36.3 Å². The molecule has 2 aromatic carbocycles. The topological polar surface area (TPSA) is 0 Å². The van der Waals surface area contributed by atoms with Gasteiger partial charge in [0.1, 0.15) is 5.82 Å². The van der Waals surface area contributed by atoms with Gasteiger partial charge in [-0.3, -0.25) is 0 Å². The fourth-order valence-corrected chi connectivity index (χ4v) is 5.45. The first-order chi connectivity index (χ1) is 13.5. The summed E-state index contributed by atoms with van der Waals surface area (Å²) >= 11 is 8.95. The highest BCUT2D eigenvalue weighted by atomic mass is 127. The Kier molecular flexibility index (Phi) is 6.46. The molecule has 2 aliphatic carbocycles. The van der Waals surface area contributed by atoms with Crippen molar-refractivity contribution in [3.05, 3.63) is 64.4 Å². The molecule has 2 aliphatic rings. The Hall–Kier alpha value is -0.870. The zero-order valence-electron chi connectivity index (χ0n) is 16.4. The zero-order chi connectivity index (χ0) is 19.7. The van der Waals surface area contributed by atoms with E-state index >= 15 is 4.39 Å². The lowest BCUT2D eigenvalue weighted by Gasteiger charge is -2.26. The maximum Gasteiger partial charge on any atom is 0.150 e. The average molecular weight is 509 g/mol. The lowest BCUT2D eigenvalue weighted by atomic mass is 9.79. The molecule has 0 spiro atoms. The third kappa shape index (κ3) is 4.33. The number of rotatable bonds is 3. The summed E-state index contributed by atoms with van der Waals surface area (Å²) in [6.07, 6.45) is 10.5. The minimum atomic E-state index is -0.295. The molecule has 148 valence electrons. The summed E-state index contributed by atoms with van der Waals surface area (Å²) in [5.41, 5.74) is 4.94. The van der Waals surface area contributed by atoms with Crippen molar-refractivity contribution in [2.24, 2.45) is 5.92 Å². The summed E-state index contributed by atoms with van der Waals surface area (Å²) in [5, 5.41) is 0.265. The van der Waals surface area contributed by atoms with Crippen LogP contribution in [0.25, 0.3) is 16.7 Å². The lowest BCUT2D eigenvalue weighted by molar-refractivity contribution is 0.348. The van der Waals surface area contributed by atoms with E-state index in [1.807, 2.05) is 12.1 Å². The summed E-state index contributed by atoms with van der Waals surface area (Å²) < 4.78 is 15.8. The molecule has 0 saturated heterocycles. The summed E-state index contributed by atoms with van der Waals surface area (Å²) in [6, 6.07) is 12.4. The number of hydrogen-bond donors (Lipinski definition) is 0. The molecule has 1 unspecified atom stereocenters. The highest BCUT2D eigenvalue weighted by molar-refractivity contribution is 14.1. The predicted octanol–water partition coefficient (Wildman–Crippen LogP) is 8.81. The van der Waals surface area contributed by atoms with E-state index in [1.54, 1.807) is 0 Å². The molecule has 28 heavy (non-hydrogen) atoms. The molecular formula is C25H27ClFI. The molecule has 0 bridgehead atoms. The third-order valence-electron chi connectivity index (χ3n) is 6.48. The Morgan fingerprint density at radius 2 is 1.61 bits per heavy atom. The first-order valence-corrected chi connectivity index (χ1v) is 12.1. The third-order valence-corrected chi connectivity index (χ3v) is 7.98. The largest absolute Gasteiger partial charge is 0.205 e. The second-order valence-electron chi connectivity index (χ2n) is 8.47. The molecule has 0 aromatic heterocycles. The van der Waals surface area contributed by atoms with Crippen LogP contribution in [-0.4, -0.2) is 3.92 Å². The van der Waals surface area contributed by atoms with Crippen LogP contribution in [0.15, 0.2) is 42.5 Å². The predicted molar refractivity (Wildman–Crippen MR) is 127 cm³/mol. The molecule has 0 heterocycles. The van der Waals surface area contributed by atoms with Crippen molar-refractivity contribution >= 4 is 39.8 Å². The van der Waals surface area contributed by atoms with Crippen LogP contribution in [0.4, 0.5) is 4.39 Å². The molecule has 2 aromatic rings. The van der Waals surface area contributed by atoms with Gasteiger partial charge in [0.15, 0.2) is 0 Å². The van der Waals surface area contributed by atoms with Crippen LogP contribution >= 0.6 is 34.2 Å². The van der Waals surface area contributed by atoms with Crippen LogP contribution in [-0.2, 0) is 0 Å². The van der Waals surface area contributed by atoms with Crippen molar-refractivity contribution in [1.29, 1.82) is 0 Å². The lowest BCUT2D eigenvalue weighted by Crippen LogP contribution is -2.10. The number of hydrogen-bond acceptors (Lipinski definition) is 0. The van der Waals surface area contributed by atoms with Crippen molar-refractivity contribution in [1.82, 2.24) is 0 Å². The minimum Gasteiger partial charge on any atom is -0.205 e. The van der Waals surface area contributed by atoms with Gasteiger partial charge in [0, 0.05) is 9.49 Å². The van der Waals surface area contributed by atoms with Crippen LogP contribution in [0.3, 0.4) is 0 Å². The Morgan fingerprint density at radius 1 is 0.929 bits per heavy atom. The summed E-state index contributed by atoms with van der Waals surface area (Å²) in [7, 11) is 0. The fourth-order valence-electron chi connectivity index (χ4n) is 4.60. The molecule has 4 rings (SSSR count). The number of allylic oxidation sites excluding steroid dienone is 2. The Morgan fingerprint density at radius 3 is 2.25 bits per heavy atom. The van der Waals surface area contributed by atoms with Crippen LogP contribution in [0.5, 0.6) is 0 Å². The molecular weight excluding hydrogens is 482 g/mol. The van der Waals surface area contributed by atoms with Gasteiger partial charge in [0.05, 0.1) is 5.02 Å². The summed E-state index contributed by atoms with van der Waals surface area (Å²) in [6.45, 7) is 2.35. The Bertz CT molecular complexity index is 863. The van der Waals surface area contributed by atoms with Crippen molar-refractivity contribution < 1.29 is 4.39 Å². The van der Waals surface area contributed by atoms with Gasteiger partial charge >= 0.3 is 0 Å². The molecule has 3 heteroatoms. The quantitative estimate of drug-likeness (QED) is 0.287. The molecule has 1 atom stereocenters. The van der Waals surface area contributed by atoms with Gasteiger partial charge in [0.25, 0.3) is 0 Å². The normalized spacial score (nSPS) is 25.4. The van der Waals surface area contributed by atoms with E-state index in [4.69, 9.17) is 11.6 Å². The van der Waals surface area contributed by atoms with Gasteiger partial charge in [-0.05, 0) is 66.2 Å². The van der Waals surface area contributed by atoms with Gasteiger partial charge in [-0.25, -0.2) is 4.39 Å². The maximum atomic E-state index is 15.1. The average Bonchev–Trinajstić information content (AvgIpc) is 2.72. The molecule has 0 amide bonds. The van der Waals surface area contributed by atoms with Crippen LogP contribution in [0, 0.1) is 11.7 Å². The first-order valence-electron chi connectivity index (χ1n) is 10.4. The van der Waals surface area contributed by atoms with Gasteiger partial charge < -0.3 is 0 Å². The van der Waals surface area contributed by atoms with E-state index in [9.17, 15) is 0 Å². The highest BCUT2D eigenvalue weighted by Gasteiger charge is 2.21. The zero-order valence-corrected chi connectivity index (χ0v) is 19.3. The van der Waals surface area contributed by atoms with Crippen molar-refractivity contribution in [2.75, 3.05) is 0 Å². The van der Waals surface area contributed by atoms with E-state index < -0.39 is 0 Å². The smallest absolute Gasteiger partial charge is 0.150 e. The fraction of sp³-hybridized carbons (Fsp3) is 0.440. The molecule has 0 aliphatic heterocycles. The number of halogens is 3. The summed E-state index contributed by atoms with van der Waals surface area (Å²) in [4.78, 5) is 0. The molecule has 0 radical (unpaired) electrons. The highest BCUT2D eigenvalue weighted by Crippen LogP contribution is 2.39. The Balaban J connectivity index is 1.57. The first kappa shape index (κ1) is 20.4.